The monoisotopic (exact) mass is 295 g/mol. The summed E-state index contributed by atoms with van der Waals surface area (Å²) in [7, 11) is 3.09. The maximum absolute atomic E-state index is 12.1. The molecular formula is C14H21N3O4. The minimum atomic E-state index is -0.640. The Labute approximate surface area is 124 Å². The van der Waals surface area contributed by atoms with Crippen LogP contribution in [0, 0.1) is 0 Å². The predicted molar refractivity (Wildman–Crippen MR) is 76.4 cm³/mol. The molecule has 0 saturated heterocycles. The molecule has 0 atom stereocenters. The lowest BCUT2D eigenvalue weighted by molar-refractivity contribution is -0.146. The van der Waals surface area contributed by atoms with Crippen LogP contribution in [0.4, 0.5) is 0 Å². The van der Waals surface area contributed by atoms with Gasteiger partial charge < -0.3 is 19.7 Å². The number of methoxy groups -OCH3 is 2. The summed E-state index contributed by atoms with van der Waals surface area (Å²) in [6, 6.07) is 3.55. The van der Waals surface area contributed by atoms with Gasteiger partial charge in [-0.05, 0) is 17.7 Å². The molecule has 1 N–H and O–H groups in total. The van der Waals surface area contributed by atoms with E-state index >= 15 is 0 Å². The van der Waals surface area contributed by atoms with E-state index in [1.165, 1.54) is 4.90 Å². The van der Waals surface area contributed by atoms with E-state index in [9.17, 15) is 9.59 Å². The van der Waals surface area contributed by atoms with Crippen LogP contribution < -0.4 is 5.32 Å². The largest absolute Gasteiger partial charge is 0.383 e. The fourth-order valence-electron chi connectivity index (χ4n) is 1.62. The van der Waals surface area contributed by atoms with Crippen molar-refractivity contribution < 1.29 is 19.1 Å². The molecule has 0 aliphatic rings. The van der Waals surface area contributed by atoms with Crippen LogP contribution in [0.3, 0.4) is 0 Å². The number of pyridine rings is 1. The van der Waals surface area contributed by atoms with Gasteiger partial charge in [0.1, 0.15) is 0 Å². The third-order valence-electron chi connectivity index (χ3n) is 2.81. The standard InChI is InChI=1S/C14H21N3O4/c1-20-9-7-17(8-10-21-2)14(19)13(18)16-11-12-3-5-15-6-4-12/h3-6H,7-11H2,1-2H3,(H,16,18). The van der Waals surface area contributed by atoms with Crippen molar-refractivity contribution in [2.24, 2.45) is 0 Å². The quantitative estimate of drug-likeness (QED) is 0.673. The van der Waals surface area contributed by atoms with E-state index in [0.717, 1.165) is 5.56 Å². The van der Waals surface area contributed by atoms with Gasteiger partial charge in [0.25, 0.3) is 0 Å². The molecule has 0 radical (unpaired) electrons. The highest BCUT2D eigenvalue weighted by Gasteiger charge is 2.20. The smallest absolute Gasteiger partial charge is 0.312 e. The van der Waals surface area contributed by atoms with Crippen molar-refractivity contribution in [3.63, 3.8) is 0 Å². The van der Waals surface area contributed by atoms with E-state index in [2.05, 4.69) is 10.3 Å². The second kappa shape index (κ2) is 9.84. The first-order chi connectivity index (χ1) is 10.2. The molecule has 1 rings (SSSR count). The van der Waals surface area contributed by atoms with E-state index < -0.39 is 11.8 Å². The first-order valence-electron chi connectivity index (χ1n) is 6.63. The van der Waals surface area contributed by atoms with Crippen LogP contribution in [0.1, 0.15) is 5.56 Å². The Balaban J connectivity index is 2.50. The van der Waals surface area contributed by atoms with Crippen LogP contribution in [0.5, 0.6) is 0 Å². The van der Waals surface area contributed by atoms with Crippen LogP contribution >= 0.6 is 0 Å². The van der Waals surface area contributed by atoms with Gasteiger partial charge in [0.2, 0.25) is 0 Å². The van der Waals surface area contributed by atoms with Gasteiger partial charge >= 0.3 is 11.8 Å². The van der Waals surface area contributed by atoms with E-state index in [-0.39, 0.29) is 6.54 Å². The number of ether oxygens (including phenoxy) is 2. The number of hydrogen-bond acceptors (Lipinski definition) is 5. The van der Waals surface area contributed by atoms with Gasteiger partial charge in [-0.3, -0.25) is 14.6 Å². The molecule has 0 bridgehead atoms. The number of carbonyl (C=O) groups is 2. The fraction of sp³-hybridized carbons (Fsp3) is 0.500. The lowest BCUT2D eigenvalue weighted by atomic mass is 10.2. The zero-order valence-corrected chi connectivity index (χ0v) is 12.4. The molecule has 0 aliphatic carbocycles. The third kappa shape index (κ3) is 6.33. The molecular weight excluding hydrogens is 274 g/mol. The maximum atomic E-state index is 12.1. The van der Waals surface area contributed by atoms with Crippen molar-refractivity contribution >= 4 is 11.8 Å². The summed E-state index contributed by atoms with van der Waals surface area (Å²) in [5.74, 6) is -1.22. The average molecular weight is 295 g/mol. The average Bonchev–Trinajstić information content (AvgIpc) is 2.53. The molecule has 7 heteroatoms. The Kier molecular flexibility index (Phi) is 8.00. The molecule has 0 aromatic carbocycles. The molecule has 116 valence electrons. The number of nitrogens with one attached hydrogen (secondary N) is 1. The van der Waals surface area contributed by atoms with Gasteiger partial charge in [0.15, 0.2) is 0 Å². The van der Waals surface area contributed by atoms with Crippen molar-refractivity contribution in [2.75, 3.05) is 40.5 Å². The zero-order valence-electron chi connectivity index (χ0n) is 12.4. The molecule has 1 heterocycles. The Morgan fingerprint density at radius 2 is 1.71 bits per heavy atom. The highest BCUT2D eigenvalue weighted by atomic mass is 16.5. The first kappa shape index (κ1) is 17.1. The molecule has 2 amide bonds. The fourth-order valence-corrected chi connectivity index (χ4v) is 1.62. The lowest BCUT2D eigenvalue weighted by Gasteiger charge is -2.21. The molecule has 1 aromatic rings. The molecule has 0 spiro atoms. The van der Waals surface area contributed by atoms with Gasteiger partial charge in [-0.15, -0.1) is 0 Å². The normalized spacial score (nSPS) is 10.2. The summed E-state index contributed by atoms with van der Waals surface area (Å²) in [6.07, 6.45) is 3.26. The van der Waals surface area contributed by atoms with Crippen LogP contribution in [-0.4, -0.2) is 62.2 Å². The molecule has 0 fully saturated rings. The third-order valence-corrected chi connectivity index (χ3v) is 2.81. The van der Waals surface area contributed by atoms with Crippen molar-refractivity contribution in [1.82, 2.24) is 15.2 Å². The van der Waals surface area contributed by atoms with Crippen molar-refractivity contribution in [2.45, 2.75) is 6.54 Å². The molecule has 0 aliphatic heterocycles. The van der Waals surface area contributed by atoms with Gasteiger partial charge in [0.05, 0.1) is 13.2 Å². The molecule has 21 heavy (non-hydrogen) atoms. The van der Waals surface area contributed by atoms with Crippen molar-refractivity contribution in [3.8, 4) is 0 Å². The van der Waals surface area contributed by atoms with Crippen LogP contribution in [0.2, 0.25) is 0 Å². The summed E-state index contributed by atoms with van der Waals surface area (Å²) in [6.45, 7) is 1.72. The van der Waals surface area contributed by atoms with Gasteiger partial charge in [-0.2, -0.15) is 0 Å². The van der Waals surface area contributed by atoms with Gasteiger partial charge in [-0.1, -0.05) is 0 Å². The second-order valence-electron chi connectivity index (χ2n) is 4.32. The number of rotatable bonds is 8. The van der Waals surface area contributed by atoms with Gasteiger partial charge in [0, 0.05) is 46.2 Å². The molecule has 0 unspecified atom stereocenters. The van der Waals surface area contributed by atoms with Crippen molar-refractivity contribution in [1.29, 1.82) is 0 Å². The SMILES string of the molecule is COCCN(CCOC)C(=O)C(=O)NCc1ccncc1. The van der Waals surface area contributed by atoms with Crippen LogP contribution in [-0.2, 0) is 25.6 Å². The summed E-state index contributed by atoms with van der Waals surface area (Å²) < 4.78 is 9.88. The second-order valence-corrected chi connectivity index (χ2v) is 4.32. The van der Waals surface area contributed by atoms with Gasteiger partial charge in [-0.25, -0.2) is 0 Å². The highest BCUT2D eigenvalue weighted by Crippen LogP contribution is 1.96. The Bertz CT molecular complexity index is 431. The van der Waals surface area contributed by atoms with E-state index in [4.69, 9.17) is 9.47 Å². The van der Waals surface area contributed by atoms with E-state index in [0.29, 0.717) is 26.3 Å². The summed E-state index contributed by atoms with van der Waals surface area (Å²) in [5, 5.41) is 2.59. The first-order valence-corrected chi connectivity index (χ1v) is 6.63. The Morgan fingerprint density at radius 1 is 1.14 bits per heavy atom. The lowest BCUT2D eigenvalue weighted by Crippen LogP contribution is -2.45. The summed E-state index contributed by atoms with van der Waals surface area (Å²) >= 11 is 0. The number of carbonyl (C=O) groups excluding carboxylic acids is 2. The van der Waals surface area contributed by atoms with Crippen LogP contribution in [0.25, 0.3) is 0 Å². The maximum Gasteiger partial charge on any atom is 0.312 e. The van der Waals surface area contributed by atoms with Crippen LogP contribution in [0.15, 0.2) is 24.5 Å². The van der Waals surface area contributed by atoms with E-state index in [1.54, 1.807) is 38.7 Å². The minimum absolute atomic E-state index is 0.287. The number of aromatic nitrogens is 1. The number of hydrogen-bond donors (Lipinski definition) is 1. The molecule has 0 saturated carbocycles. The Hall–Kier alpha value is -1.99. The topological polar surface area (TPSA) is 80.8 Å². The van der Waals surface area contributed by atoms with E-state index in [1.807, 2.05) is 0 Å². The molecule has 1 aromatic heterocycles. The number of nitrogens with zero attached hydrogens (tertiary/aromatic N) is 2. The molecule has 7 nitrogen and oxygen atoms in total. The summed E-state index contributed by atoms with van der Waals surface area (Å²) in [5.41, 5.74) is 0.881. The number of amides is 2. The Morgan fingerprint density at radius 3 is 2.24 bits per heavy atom. The highest BCUT2D eigenvalue weighted by molar-refractivity contribution is 6.34. The predicted octanol–water partition coefficient (Wildman–Crippen LogP) is -0.181. The minimum Gasteiger partial charge on any atom is -0.383 e. The zero-order chi connectivity index (χ0) is 15.5. The van der Waals surface area contributed by atoms with Crippen molar-refractivity contribution in [3.05, 3.63) is 30.1 Å². The summed E-state index contributed by atoms with van der Waals surface area (Å²) in [4.78, 5) is 29.3.